The average Bonchev–Trinajstić information content (AvgIpc) is 2.25. The molecule has 4 saturated carbocycles. The Morgan fingerprint density at radius 2 is 1.81 bits per heavy atom. The fourth-order valence-electron chi connectivity index (χ4n) is 5.59. The van der Waals surface area contributed by atoms with E-state index in [0.29, 0.717) is 5.54 Å². The third kappa shape index (κ3) is 1.63. The summed E-state index contributed by atoms with van der Waals surface area (Å²) in [5.74, 6) is 2.12. The van der Waals surface area contributed by atoms with Gasteiger partial charge in [-0.25, -0.2) is 0 Å². The molecule has 0 radical (unpaired) electrons. The van der Waals surface area contributed by atoms with Gasteiger partial charge >= 0.3 is 0 Å². The maximum atomic E-state index is 3.71. The van der Waals surface area contributed by atoms with Crippen molar-refractivity contribution in [1.82, 2.24) is 5.32 Å². The summed E-state index contributed by atoms with van der Waals surface area (Å²) in [5, 5.41) is 3.71. The van der Waals surface area contributed by atoms with E-state index in [1.807, 2.05) is 0 Å². The summed E-state index contributed by atoms with van der Waals surface area (Å²) in [5.41, 5.74) is 1.31. The van der Waals surface area contributed by atoms with Crippen molar-refractivity contribution in [3.63, 3.8) is 0 Å². The minimum absolute atomic E-state index is 0.553. The SMILES string of the molecule is CCCCC12C[C@H]3C[C@@H](C1)CC(NC)(C3)C2. The maximum absolute atomic E-state index is 3.71. The highest BCUT2D eigenvalue weighted by molar-refractivity contribution is 5.11. The Bertz CT molecular complexity index is 257. The Morgan fingerprint density at radius 3 is 2.38 bits per heavy atom. The van der Waals surface area contributed by atoms with Crippen molar-refractivity contribution in [2.45, 2.75) is 70.3 Å². The molecule has 4 aliphatic carbocycles. The Labute approximate surface area is 100 Å². The minimum atomic E-state index is 0.553. The summed E-state index contributed by atoms with van der Waals surface area (Å²) >= 11 is 0. The first kappa shape index (κ1) is 11.1. The van der Waals surface area contributed by atoms with E-state index in [2.05, 4.69) is 19.3 Å². The third-order valence-electron chi connectivity index (χ3n) is 5.77. The van der Waals surface area contributed by atoms with Crippen LogP contribution in [-0.2, 0) is 0 Å². The van der Waals surface area contributed by atoms with Crippen LogP contribution < -0.4 is 5.32 Å². The van der Waals surface area contributed by atoms with Crippen LogP contribution in [0.4, 0.5) is 0 Å². The van der Waals surface area contributed by atoms with Gasteiger partial charge in [0.05, 0.1) is 0 Å². The molecule has 4 aliphatic rings. The monoisotopic (exact) mass is 221 g/mol. The quantitative estimate of drug-likeness (QED) is 0.762. The van der Waals surface area contributed by atoms with Crippen molar-refractivity contribution in [2.75, 3.05) is 7.05 Å². The summed E-state index contributed by atoms with van der Waals surface area (Å²) in [7, 11) is 2.21. The lowest BCUT2D eigenvalue weighted by Gasteiger charge is -2.62. The van der Waals surface area contributed by atoms with Crippen LogP contribution in [0, 0.1) is 17.3 Å². The predicted molar refractivity (Wildman–Crippen MR) is 68.4 cm³/mol. The molecule has 0 aromatic heterocycles. The van der Waals surface area contributed by atoms with Gasteiger partial charge in [0.2, 0.25) is 0 Å². The van der Waals surface area contributed by atoms with Crippen LogP contribution in [0.2, 0.25) is 0 Å². The molecule has 0 spiro atoms. The van der Waals surface area contributed by atoms with E-state index in [1.54, 1.807) is 19.3 Å². The molecule has 0 aromatic carbocycles. The molecule has 4 fully saturated rings. The molecule has 4 bridgehead atoms. The van der Waals surface area contributed by atoms with Crippen molar-refractivity contribution in [2.24, 2.45) is 17.3 Å². The topological polar surface area (TPSA) is 12.0 Å². The molecule has 1 N–H and O–H groups in total. The van der Waals surface area contributed by atoms with Crippen molar-refractivity contribution >= 4 is 0 Å². The highest BCUT2D eigenvalue weighted by atomic mass is 15.0. The highest BCUT2D eigenvalue weighted by Gasteiger charge is 2.56. The third-order valence-corrected chi connectivity index (χ3v) is 5.77. The fraction of sp³-hybridized carbons (Fsp3) is 1.00. The average molecular weight is 221 g/mol. The zero-order valence-electron chi connectivity index (χ0n) is 11.0. The van der Waals surface area contributed by atoms with Crippen LogP contribution in [0.1, 0.15) is 64.7 Å². The number of hydrogen-bond donors (Lipinski definition) is 1. The van der Waals surface area contributed by atoms with Gasteiger partial charge in [-0.1, -0.05) is 19.8 Å². The molecule has 4 atom stereocenters. The zero-order chi connectivity index (χ0) is 11.2. The summed E-state index contributed by atoms with van der Waals surface area (Å²) in [4.78, 5) is 0. The molecular formula is C15H27N. The molecule has 2 unspecified atom stereocenters. The zero-order valence-corrected chi connectivity index (χ0v) is 11.0. The smallest absolute Gasteiger partial charge is 0.0189 e. The maximum Gasteiger partial charge on any atom is 0.0189 e. The molecular weight excluding hydrogens is 194 g/mol. The summed E-state index contributed by atoms with van der Waals surface area (Å²) in [6.45, 7) is 2.34. The van der Waals surface area contributed by atoms with Crippen LogP contribution >= 0.6 is 0 Å². The second kappa shape index (κ2) is 3.73. The van der Waals surface area contributed by atoms with E-state index >= 15 is 0 Å². The molecule has 4 rings (SSSR count). The van der Waals surface area contributed by atoms with E-state index in [9.17, 15) is 0 Å². The Balaban J connectivity index is 1.81. The van der Waals surface area contributed by atoms with E-state index in [-0.39, 0.29) is 0 Å². The standard InChI is InChI=1S/C15H27N/c1-3-4-5-14-7-12-6-13(8-14)10-15(9-12,11-14)16-2/h12-13,16H,3-11H2,1-2H3/t12-,13+,14?,15?. The second-order valence-electron chi connectivity index (χ2n) is 7.09. The van der Waals surface area contributed by atoms with Gasteiger partial charge < -0.3 is 5.32 Å². The molecule has 0 heterocycles. The van der Waals surface area contributed by atoms with Crippen molar-refractivity contribution in [3.05, 3.63) is 0 Å². The molecule has 0 amide bonds. The van der Waals surface area contributed by atoms with Crippen molar-refractivity contribution in [3.8, 4) is 0 Å². The van der Waals surface area contributed by atoms with E-state index < -0.39 is 0 Å². The molecule has 92 valence electrons. The second-order valence-corrected chi connectivity index (χ2v) is 7.09. The number of nitrogens with one attached hydrogen (secondary N) is 1. The van der Waals surface area contributed by atoms with Gasteiger partial charge in [-0.05, 0) is 69.2 Å². The van der Waals surface area contributed by atoms with Crippen molar-refractivity contribution in [1.29, 1.82) is 0 Å². The van der Waals surface area contributed by atoms with Gasteiger partial charge in [-0.3, -0.25) is 0 Å². The molecule has 16 heavy (non-hydrogen) atoms. The van der Waals surface area contributed by atoms with Crippen molar-refractivity contribution < 1.29 is 0 Å². The first-order valence-corrected chi connectivity index (χ1v) is 7.38. The minimum Gasteiger partial charge on any atom is -0.314 e. The summed E-state index contributed by atoms with van der Waals surface area (Å²) in [6.07, 6.45) is 13.5. The van der Waals surface area contributed by atoms with Gasteiger partial charge in [0, 0.05) is 5.54 Å². The van der Waals surface area contributed by atoms with Gasteiger partial charge in [0.15, 0.2) is 0 Å². The predicted octanol–water partition coefficient (Wildman–Crippen LogP) is 3.74. The summed E-state index contributed by atoms with van der Waals surface area (Å²) < 4.78 is 0. The number of rotatable bonds is 4. The van der Waals surface area contributed by atoms with Crippen LogP contribution in [0.3, 0.4) is 0 Å². The number of unbranched alkanes of at least 4 members (excludes halogenated alkanes) is 1. The Morgan fingerprint density at radius 1 is 1.12 bits per heavy atom. The Kier molecular flexibility index (Phi) is 2.58. The van der Waals surface area contributed by atoms with E-state index in [0.717, 1.165) is 17.3 Å². The Hall–Kier alpha value is -0.0400. The molecule has 1 heteroatoms. The van der Waals surface area contributed by atoms with Gasteiger partial charge in [-0.15, -0.1) is 0 Å². The normalized spacial score (nSPS) is 49.9. The van der Waals surface area contributed by atoms with Crippen LogP contribution in [0.25, 0.3) is 0 Å². The van der Waals surface area contributed by atoms with Crippen LogP contribution in [0.15, 0.2) is 0 Å². The largest absolute Gasteiger partial charge is 0.314 e. The molecule has 1 nitrogen and oxygen atoms in total. The lowest BCUT2D eigenvalue weighted by molar-refractivity contribution is -0.0837. The van der Waals surface area contributed by atoms with Gasteiger partial charge in [-0.2, -0.15) is 0 Å². The molecule has 0 saturated heterocycles. The lowest BCUT2D eigenvalue weighted by Crippen LogP contribution is -2.61. The molecule has 0 aromatic rings. The lowest BCUT2D eigenvalue weighted by atomic mass is 9.46. The van der Waals surface area contributed by atoms with Crippen LogP contribution in [-0.4, -0.2) is 12.6 Å². The van der Waals surface area contributed by atoms with E-state index in [1.165, 1.54) is 38.5 Å². The van der Waals surface area contributed by atoms with Gasteiger partial charge in [0.25, 0.3) is 0 Å². The number of hydrogen-bond acceptors (Lipinski definition) is 1. The van der Waals surface area contributed by atoms with E-state index in [4.69, 9.17) is 0 Å². The molecule has 0 aliphatic heterocycles. The first-order valence-electron chi connectivity index (χ1n) is 7.38. The fourth-order valence-corrected chi connectivity index (χ4v) is 5.59. The first-order chi connectivity index (χ1) is 7.69. The highest BCUT2D eigenvalue weighted by Crippen LogP contribution is 2.63. The summed E-state index contributed by atoms with van der Waals surface area (Å²) in [6, 6.07) is 0. The van der Waals surface area contributed by atoms with Gasteiger partial charge in [0.1, 0.15) is 0 Å². The van der Waals surface area contributed by atoms with Crippen LogP contribution in [0.5, 0.6) is 0 Å².